The molecule has 11 heavy (non-hydrogen) atoms. The molecule has 1 heterocycles. The molecule has 0 radical (unpaired) electrons. The van der Waals surface area contributed by atoms with E-state index in [1.54, 1.807) is 0 Å². The van der Waals surface area contributed by atoms with E-state index in [-0.39, 0.29) is 18.4 Å². The number of hydrogen-bond donors (Lipinski definition) is 2. The molecule has 2 N–H and O–H groups in total. The Morgan fingerprint density at radius 1 is 1.73 bits per heavy atom. The van der Waals surface area contributed by atoms with E-state index < -0.39 is 12.1 Å². The zero-order valence-corrected chi connectivity index (χ0v) is 7.06. The maximum Gasteiger partial charge on any atom is 0.334 e. The number of halogens is 1. The third-order valence-electron chi connectivity index (χ3n) is 1.47. The number of carbonyl (C=O) groups is 1. The minimum atomic E-state index is -0.889. The molecular weight excluding hydrogens is 170 g/mol. The summed E-state index contributed by atoms with van der Waals surface area (Å²) in [6, 6.07) is 0.274. The second-order valence-electron chi connectivity index (χ2n) is 2.47. The first-order valence-corrected chi connectivity index (χ1v) is 3.28. The number of rotatable bonds is 1. The largest absolute Gasteiger partial charge is 0.479 e. The van der Waals surface area contributed by atoms with E-state index in [4.69, 9.17) is 9.84 Å². The SMILES string of the molecule is CC1CO[C@H](C(=O)O)CN1.Cl. The van der Waals surface area contributed by atoms with E-state index in [2.05, 4.69) is 5.32 Å². The molecule has 0 saturated carbocycles. The molecule has 0 aromatic rings. The lowest BCUT2D eigenvalue weighted by molar-refractivity contribution is -0.152. The highest BCUT2D eigenvalue weighted by molar-refractivity contribution is 5.85. The van der Waals surface area contributed by atoms with E-state index in [0.717, 1.165) is 0 Å². The smallest absolute Gasteiger partial charge is 0.334 e. The molecule has 1 fully saturated rings. The molecule has 4 nitrogen and oxygen atoms in total. The van der Waals surface area contributed by atoms with Gasteiger partial charge >= 0.3 is 5.97 Å². The van der Waals surface area contributed by atoms with Crippen LogP contribution in [0.15, 0.2) is 0 Å². The molecular formula is C6H12ClNO3. The molecule has 2 atom stereocenters. The average Bonchev–Trinajstić information content (AvgIpc) is 1.88. The van der Waals surface area contributed by atoms with Crippen LogP contribution in [0.2, 0.25) is 0 Å². The molecule has 1 aliphatic rings. The van der Waals surface area contributed by atoms with Gasteiger partial charge in [0.2, 0.25) is 0 Å². The van der Waals surface area contributed by atoms with Crippen LogP contribution in [0, 0.1) is 0 Å². The summed E-state index contributed by atoms with van der Waals surface area (Å²) in [5, 5.41) is 11.5. The fourth-order valence-electron chi connectivity index (χ4n) is 0.845. The number of nitrogens with one attached hydrogen (secondary N) is 1. The van der Waals surface area contributed by atoms with Gasteiger partial charge in [0.15, 0.2) is 6.10 Å². The third-order valence-corrected chi connectivity index (χ3v) is 1.47. The molecule has 0 amide bonds. The Morgan fingerprint density at radius 3 is 2.73 bits per heavy atom. The van der Waals surface area contributed by atoms with Crippen molar-refractivity contribution in [2.75, 3.05) is 13.2 Å². The number of carboxylic acid groups (broad SMARTS) is 1. The van der Waals surface area contributed by atoms with Crippen LogP contribution in [0.5, 0.6) is 0 Å². The molecule has 0 bridgehead atoms. The molecule has 1 aliphatic heterocycles. The first kappa shape index (κ1) is 10.7. The Balaban J connectivity index is 0.000001000. The van der Waals surface area contributed by atoms with Gasteiger partial charge in [-0.3, -0.25) is 0 Å². The van der Waals surface area contributed by atoms with Crippen molar-refractivity contribution < 1.29 is 14.6 Å². The van der Waals surface area contributed by atoms with Crippen LogP contribution in [0.4, 0.5) is 0 Å². The van der Waals surface area contributed by atoms with Crippen LogP contribution in [0.25, 0.3) is 0 Å². The van der Waals surface area contributed by atoms with E-state index >= 15 is 0 Å². The van der Waals surface area contributed by atoms with Crippen molar-refractivity contribution in [2.45, 2.75) is 19.1 Å². The van der Waals surface area contributed by atoms with Crippen LogP contribution in [-0.2, 0) is 9.53 Å². The molecule has 66 valence electrons. The van der Waals surface area contributed by atoms with Crippen LogP contribution in [0.3, 0.4) is 0 Å². The van der Waals surface area contributed by atoms with Gasteiger partial charge < -0.3 is 15.2 Å². The summed E-state index contributed by atoms with van der Waals surface area (Å²) in [5.74, 6) is -0.889. The van der Waals surface area contributed by atoms with Gasteiger partial charge in [0.25, 0.3) is 0 Å². The van der Waals surface area contributed by atoms with Crippen molar-refractivity contribution in [2.24, 2.45) is 0 Å². The number of carboxylic acids is 1. The van der Waals surface area contributed by atoms with Gasteiger partial charge in [0.05, 0.1) is 6.61 Å². The number of morpholine rings is 1. The second kappa shape index (κ2) is 4.54. The summed E-state index contributed by atoms with van der Waals surface area (Å²) in [4.78, 5) is 10.3. The summed E-state index contributed by atoms with van der Waals surface area (Å²) in [7, 11) is 0. The fourth-order valence-corrected chi connectivity index (χ4v) is 0.845. The van der Waals surface area contributed by atoms with Crippen LogP contribution >= 0.6 is 12.4 Å². The number of ether oxygens (including phenoxy) is 1. The zero-order valence-electron chi connectivity index (χ0n) is 6.24. The first-order valence-electron chi connectivity index (χ1n) is 3.28. The van der Waals surface area contributed by atoms with Gasteiger partial charge in [-0.1, -0.05) is 0 Å². The van der Waals surface area contributed by atoms with Crippen molar-refractivity contribution in [3.8, 4) is 0 Å². The predicted molar refractivity (Wildman–Crippen MR) is 42.1 cm³/mol. The van der Waals surface area contributed by atoms with Crippen molar-refractivity contribution in [1.82, 2.24) is 5.32 Å². The Morgan fingerprint density at radius 2 is 2.36 bits per heavy atom. The lowest BCUT2D eigenvalue weighted by Crippen LogP contribution is -2.47. The lowest BCUT2D eigenvalue weighted by Gasteiger charge is -2.25. The summed E-state index contributed by atoms with van der Waals surface area (Å²) in [5.41, 5.74) is 0. The molecule has 0 aliphatic carbocycles. The lowest BCUT2D eigenvalue weighted by atomic mass is 10.2. The number of aliphatic carboxylic acids is 1. The quantitative estimate of drug-likeness (QED) is 0.592. The highest BCUT2D eigenvalue weighted by Gasteiger charge is 2.23. The summed E-state index contributed by atoms with van der Waals surface area (Å²) < 4.78 is 4.99. The highest BCUT2D eigenvalue weighted by atomic mass is 35.5. The predicted octanol–water partition coefficient (Wildman–Crippen LogP) is -0.130. The Bertz CT molecular complexity index is 134. The van der Waals surface area contributed by atoms with Gasteiger partial charge in [0.1, 0.15) is 0 Å². The molecule has 1 unspecified atom stereocenters. The minimum absolute atomic E-state index is 0. The van der Waals surface area contributed by atoms with Crippen LogP contribution in [0.1, 0.15) is 6.92 Å². The first-order chi connectivity index (χ1) is 4.70. The molecule has 5 heteroatoms. The molecule has 0 aromatic carbocycles. The van der Waals surface area contributed by atoms with Gasteiger partial charge in [-0.2, -0.15) is 0 Å². The summed E-state index contributed by atoms with van der Waals surface area (Å²) in [6.07, 6.45) is -0.656. The van der Waals surface area contributed by atoms with Gasteiger partial charge in [0, 0.05) is 12.6 Å². The minimum Gasteiger partial charge on any atom is -0.479 e. The van der Waals surface area contributed by atoms with Gasteiger partial charge in [-0.15, -0.1) is 12.4 Å². The topological polar surface area (TPSA) is 58.6 Å². The van der Waals surface area contributed by atoms with Gasteiger partial charge in [-0.05, 0) is 6.92 Å². The Kier molecular flexibility index (Phi) is 4.40. The van der Waals surface area contributed by atoms with Crippen molar-refractivity contribution >= 4 is 18.4 Å². The molecule has 0 aromatic heterocycles. The molecule has 1 rings (SSSR count). The maximum atomic E-state index is 10.3. The average molecular weight is 182 g/mol. The van der Waals surface area contributed by atoms with Crippen molar-refractivity contribution in [3.63, 3.8) is 0 Å². The van der Waals surface area contributed by atoms with Crippen molar-refractivity contribution in [3.05, 3.63) is 0 Å². The Labute approximate surface area is 71.3 Å². The zero-order chi connectivity index (χ0) is 7.56. The fraction of sp³-hybridized carbons (Fsp3) is 0.833. The summed E-state index contributed by atoms with van der Waals surface area (Å²) in [6.45, 7) is 2.85. The Hall–Kier alpha value is -0.320. The highest BCUT2D eigenvalue weighted by Crippen LogP contribution is 1.99. The van der Waals surface area contributed by atoms with E-state index in [9.17, 15) is 4.79 Å². The van der Waals surface area contributed by atoms with Crippen LogP contribution < -0.4 is 5.32 Å². The molecule has 1 saturated heterocycles. The standard InChI is InChI=1S/C6H11NO3.ClH/c1-4-3-10-5(2-7-4)6(8)9;/h4-5,7H,2-3H2,1H3,(H,8,9);1H/t4?,5-;/m0./s1. The van der Waals surface area contributed by atoms with E-state index in [1.807, 2.05) is 6.92 Å². The normalized spacial score (nSPS) is 30.6. The van der Waals surface area contributed by atoms with E-state index in [1.165, 1.54) is 0 Å². The van der Waals surface area contributed by atoms with Gasteiger partial charge in [-0.25, -0.2) is 4.79 Å². The second-order valence-corrected chi connectivity index (χ2v) is 2.47. The number of hydrogen-bond acceptors (Lipinski definition) is 3. The summed E-state index contributed by atoms with van der Waals surface area (Å²) >= 11 is 0. The van der Waals surface area contributed by atoms with E-state index in [0.29, 0.717) is 13.2 Å². The molecule has 0 spiro atoms. The monoisotopic (exact) mass is 181 g/mol. The van der Waals surface area contributed by atoms with Crippen molar-refractivity contribution in [1.29, 1.82) is 0 Å². The van der Waals surface area contributed by atoms with Crippen LogP contribution in [-0.4, -0.2) is 36.4 Å². The third kappa shape index (κ3) is 3.05. The maximum absolute atomic E-state index is 10.3.